The van der Waals surface area contributed by atoms with Gasteiger partial charge in [-0.1, -0.05) is 46.3 Å². The largest absolute Gasteiger partial charge is 0.481 e. The molecule has 2 aromatic rings. The SMILES string of the molecule is O=C(O)C[C@H](NC(=O)OCc1ccccc1)c1cc(F)ccc1Br. The lowest BCUT2D eigenvalue weighted by Gasteiger charge is -2.18. The number of carboxylic acids is 1. The minimum atomic E-state index is -1.13. The van der Waals surface area contributed by atoms with Crippen molar-refractivity contribution in [3.8, 4) is 0 Å². The van der Waals surface area contributed by atoms with Crippen molar-refractivity contribution in [3.63, 3.8) is 0 Å². The van der Waals surface area contributed by atoms with Crippen LogP contribution in [0.2, 0.25) is 0 Å². The van der Waals surface area contributed by atoms with E-state index >= 15 is 0 Å². The molecule has 2 rings (SSSR count). The van der Waals surface area contributed by atoms with E-state index in [0.29, 0.717) is 10.0 Å². The Balaban J connectivity index is 2.06. The van der Waals surface area contributed by atoms with Gasteiger partial charge < -0.3 is 15.2 Å². The van der Waals surface area contributed by atoms with E-state index in [1.165, 1.54) is 18.2 Å². The number of carboxylic acid groups (broad SMARTS) is 1. The van der Waals surface area contributed by atoms with Gasteiger partial charge in [-0.3, -0.25) is 4.79 Å². The molecule has 0 aliphatic rings. The van der Waals surface area contributed by atoms with Gasteiger partial charge >= 0.3 is 12.1 Å². The predicted octanol–water partition coefficient (Wildman–Crippen LogP) is 4.03. The second-order valence-electron chi connectivity index (χ2n) is 5.02. The van der Waals surface area contributed by atoms with Crippen LogP contribution in [0.3, 0.4) is 0 Å². The topological polar surface area (TPSA) is 75.6 Å². The van der Waals surface area contributed by atoms with Crippen LogP contribution in [0.1, 0.15) is 23.6 Å². The molecule has 0 aliphatic heterocycles. The minimum Gasteiger partial charge on any atom is -0.481 e. The Bertz CT molecular complexity index is 724. The summed E-state index contributed by atoms with van der Waals surface area (Å²) in [6.07, 6.45) is -1.18. The number of rotatable bonds is 6. The Labute approximate surface area is 146 Å². The van der Waals surface area contributed by atoms with E-state index in [-0.39, 0.29) is 6.61 Å². The number of benzene rings is 2. The highest BCUT2D eigenvalue weighted by Gasteiger charge is 2.21. The third-order valence-corrected chi connectivity index (χ3v) is 3.94. The van der Waals surface area contributed by atoms with E-state index in [2.05, 4.69) is 21.2 Å². The molecular weight excluding hydrogens is 381 g/mol. The second-order valence-corrected chi connectivity index (χ2v) is 5.88. The van der Waals surface area contributed by atoms with Crippen LogP contribution in [-0.4, -0.2) is 17.2 Å². The maximum Gasteiger partial charge on any atom is 0.407 e. The maximum atomic E-state index is 13.4. The number of amides is 1. The highest BCUT2D eigenvalue weighted by Crippen LogP contribution is 2.27. The lowest BCUT2D eigenvalue weighted by atomic mass is 10.0. The Hall–Kier alpha value is -2.41. The zero-order chi connectivity index (χ0) is 17.5. The quantitative estimate of drug-likeness (QED) is 0.773. The van der Waals surface area contributed by atoms with Crippen LogP contribution in [-0.2, 0) is 16.1 Å². The molecule has 24 heavy (non-hydrogen) atoms. The molecule has 126 valence electrons. The first-order valence-electron chi connectivity index (χ1n) is 7.09. The van der Waals surface area contributed by atoms with Gasteiger partial charge in [0, 0.05) is 4.47 Å². The van der Waals surface area contributed by atoms with E-state index in [9.17, 15) is 14.0 Å². The van der Waals surface area contributed by atoms with E-state index in [0.717, 1.165) is 5.56 Å². The van der Waals surface area contributed by atoms with Crippen molar-refractivity contribution in [2.45, 2.75) is 19.1 Å². The first kappa shape index (κ1) is 17.9. The van der Waals surface area contributed by atoms with Gasteiger partial charge in [0.15, 0.2) is 0 Å². The molecule has 0 fully saturated rings. The molecule has 1 amide bonds. The zero-order valence-electron chi connectivity index (χ0n) is 12.5. The summed E-state index contributed by atoms with van der Waals surface area (Å²) in [4.78, 5) is 23.0. The summed E-state index contributed by atoms with van der Waals surface area (Å²) in [6.45, 7) is 0.0524. The summed E-state index contributed by atoms with van der Waals surface area (Å²) in [5.74, 6) is -1.65. The molecular formula is C17H15BrFNO4. The van der Waals surface area contributed by atoms with E-state index < -0.39 is 30.3 Å². The molecule has 0 radical (unpaired) electrons. The second kappa shape index (κ2) is 8.44. The molecule has 0 bridgehead atoms. The average molecular weight is 396 g/mol. The van der Waals surface area contributed by atoms with Gasteiger partial charge in [-0.25, -0.2) is 9.18 Å². The number of hydrogen-bond acceptors (Lipinski definition) is 3. The molecule has 0 spiro atoms. The highest BCUT2D eigenvalue weighted by molar-refractivity contribution is 9.10. The molecule has 2 N–H and O–H groups in total. The lowest BCUT2D eigenvalue weighted by molar-refractivity contribution is -0.137. The fourth-order valence-electron chi connectivity index (χ4n) is 2.10. The third kappa shape index (κ3) is 5.34. The van der Waals surface area contributed by atoms with Crippen LogP contribution in [0.5, 0.6) is 0 Å². The summed E-state index contributed by atoms with van der Waals surface area (Å²) in [5.41, 5.74) is 1.13. The van der Waals surface area contributed by atoms with Crippen LogP contribution in [0.4, 0.5) is 9.18 Å². The van der Waals surface area contributed by atoms with Gasteiger partial charge in [0.05, 0.1) is 12.5 Å². The number of nitrogens with one attached hydrogen (secondary N) is 1. The normalized spacial score (nSPS) is 11.6. The standard InChI is InChI=1S/C17H15BrFNO4/c18-14-7-6-12(19)8-13(14)15(9-16(21)22)20-17(23)24-10-11-4-2-1-3-5-11/h1-8,15H,9-10H2,(H,20,23)(H,21,22)/t15-/m0/s1. The van der Waals surface area contributed by atoms with E-state index in [1.807, 2.05) is 18.2 Å². The third-order valence-electron chi connectivity index (χ3n) is 3.22. The Morgan fingerprint density at radius 1 is 1.21 bits per heavy atom. The molecule has 0 unspecified atom stereocenters. The smallest absolute Gasteiger partial charge is 0.407 e. The summed E-state index contributed by atoms with van der Waals surface area (Å²) >= 11 is 3.23. The van der Waals surface area contributed by atoms with Crippen molar-refractivity contribution in [1.29, 1.82) is 0 Å². The molecule has 0 aromatic heterocycles. The number of carbonyl (C=O) groups is 2. The Morgan fingerprint density at radius 3 is 2.58 bits per heavy atom. The maximum absolute atomic E-state index is 13.4. The van der Waals surface area contributed by atoms with Gasteiger partial charge in [0.1, 0.15) is 12.4 Å². The number of carbonyl (C=O) groups excluding carboxylic acids is 1. The Morgan fingerprint density at radius 2 is 1.92 bits per heavy atom. The van der Waals surface area contributed by atoms with Crippen LogP contribution >= 0.6 is 15.9 Å². The number of aliphatic carboxylic acids is 1. The van der Waals surface area contributed by atoms with Gasteiger partial charge in [-0.15, -0.1) is 0 Å². The van der Waals surface area contributed by atoms with Crippen molar-refractivity contribution in [3.05, 3.63) is 69.9 Å². The molecule has 0 heterocycles. The number of halogens is 2. The van der Waals surface area contributed by atoms with Crippen molar-refractivity contribution in [2.24, 2.45) is 0 Å². The van der Waals surface area contributed by atoms with Gasteiger partial charge in [-0.2, -0.15) is 0 Å². The molecule has 0 saturated heterocycles. The van der Waals surface area contributed by atoms with Crippen molar-refractivity contribution in [1.82, 2.24) is 5.32 Å². The first-order valence-corrected chi connectivity index (χ1v) is 7.89. The van der Waals surface area contributed by atoms with Crippen molar-refractivity contribution in [2.75, 3.05) is 0 Å². The Kier molecular flexibility index (Phi) is 6.31. The fraction of sp³-hybridized carbons (Fsp3) is 0.176. The zero-order valence-corrected chi connectivity index (χ0v) is 14.1. The summed E-state index contributed by atoms with van der Waals surface area (Å²) in [7, 11) is 0. The fourth-order valence-corrected chi connectivity index (χ4v) is 2.63. The summed E-state index contributed by atoms with van der Waals surface area (Å²) in [5, 5.41) is 11.5. The lowest BCUT2D eigenvalue weighted by Crippen LogP contribution is -2.31. The summed E-state index contributed by atoms with van der Waals surface area (Å²) in [6, 6.07) is 12.0. The molecule has 0 aliphatic carbocycles. The van der Waals surface area contributed by atoms with Crippen molar-refractivity contribution >= 4 is 28.0 Å². The van der Waals surface area contributed by atoms with Gasteiger partial charge in [0.2, 0.25) is 0 Å². The van der Waals surface area contributed by atoms with Crippen LogP contribution in [0, 0.1) is 5.82 Å². The number of alkyl carbamates (subject to hydrolysis) is 1. The van der Waals surface area contributed by atoms with Crippen LogP contribution < -0.4 is 5.32 Å². The van der Waals surface area contributed by atoms with Gasteiger partial charge in [0.25, 0.3) is 0 Å². The van der Waals surface area contributed by atoms with E-state index in [1.54, 1.807) is 12.1 Å². The van der Waals surface area contributed by atoms with Gasteiger partial charge in [-0.05, 0) is 29.3 Å². The average Bonchev–Trinajstić information content (AvgIpc) is 2.55. The molecule has 2 aromatic carbocycles. The molecule has 1 atom stereocenters. The van der Waals surface area contributed by atoms with E-state index in [4.69, 9.17) is 9.84 Å². The van der Waals surface area contributed by atoms with Crippen LogP contribution in [0.15, 0.2) is 53.0 Å². The number of ether oxygens (including phenoxy) is 1. The minimum absolute atomic E-state index is 0.0524. The molecule has 5 nitrogen and oxygen atoms in total. The summed E-state index contributed by atoms with van der Waals surface area (Å²) < 4.78 is 19.0. The molecule has 7 heteroatoms. The van der Waals surface area contributed by atoms with Crippen LogP contribution in [0.25, 0.3) is 0 Å². The number of hydrogen-bond donors (Lipinski definition) is 2. The predicted molar refractivity (Wildman–Crippen MR) is 88.9 cm³/mol. The highest BCUT2D eigenvalue weighted by atomic mass is 79.9. The molecule has 0 saturated carbocycles. The van der Waals surface area contributed by atoms with Crippen molar-refractivity contribution < 1.29 is 23.8 Å². The monoisotopic (exact) mass is 395 g/mol. The first-order chi connectivity index (χ1) is 11.5.